The maximum absolute atomic E-state index is 10.2. The van der Waals surface area contributed by atoms with Gasteiger partial charge in [-0.2, -0.15) is 0 Å². The molecule has 1 aromatic rings. The highest BCUT2D eigenvalue weighted by Gasteiger charge is 2.12. The lowest BCUT2D eigenvalue weighted by atomic mass is 9.91. The summed E-state index contributed by atoms with van der Waals surface area (Å²) in [6, 6.07) is 4.43. The highest BCUT2D eigenvalue weighted by atomic mass is 16.3. The van der Waals surface area contributed by atoms with Crippen molar-refractivity contribution >= 4 is 0 Å². The minimum atomic E-state index is -1.06. The van der Waals surface area contributed by atoms with E-state index in [2.05, 4.69) is 49.7 Å². The van der Waals surface area contributed by atoms with Crippen LogP contribution in [0.1, 0.15) is 167 Å². The molecule has 0 fully saturated rings. The Hall–Kier alpha value is -1.74. The predicted octanol–water partition coefficient (Wildman–Crippen LogP) is 9.30. The van der Waals surface area contributed by atoms with Crippen molar-refractivity contribution in [1.29, 1.82) is 0 Å². The van der Waals surface area contributed by atoms with Gasteiger partial charge in [-0.25, -0.2) is 0 Å². The zero-order chi connectivity index (χ0) is 28.3. The first-order valence-electron chi connectivity index (χ1n) is 15.7. The summed E-state index contributed by atoms with van der Waals surface area (Å²) in [5.74, 6) is 12.4. The molecule has 0 radical (unpaired) electrons. The second-order valence-corrected chi connectivity index (χ2v) is 12.2. The molecule has 0 aliphatic carbocycles. The van der Waals surface area contributed by atoms with Crippen LogP contribution in [0.4, 0.5) is 0 Å². The van der Waals surface area contributed by atoms with E-state index in [-0.39, 0.29) is 0 Å². The first kappa shape index (κ1) is 34.3. The van der Waals surface area contributed by atoms with E-state index in [9.17, 15) is 10.2 Å². The molecule has 214 valence electrons. The first-order chi connectivity index (χ1) is 18.1. The van der Waals surface area contributed by atoms with Gasteiger partial charge in [0.2, 0.25) is 0 Å². The van der Waals surface area contributed by atoms with Gasteiger partial charge in [0.15, 0.2) is 0 Å². The Balaban J connectivity index is 3.02. The quantitative estimate of drug-likeness (QED) is 0.149. The number of aryl methyl sites for hydroxylation is 2. The Morgan fingerprint density at radius 2 is 0.789 bits per heavy atom. The summed E-state index contributed by atoms with van der Waals surface area (Å²) in [5.41, 5.74) is 2.36. The van der Waals surface area contributed by atoms with Gasteiger partial charge in [0.1, 0.15) is 11.2 Å². The number of unbranched alkanes of at least 4 members (excludes halogenated alkanes) is 14. The van der Waals surface area contributed by atoms with Gasteiger partial charge in [-0.3, -0.25) is 0 Å². The Labute approximate surface area is 236 Å². The van der Waals surface area contributed by atoms with Gasteiger partial charge in [-0.05, 0) is 76.6 Å². The molecule has 0 atom stereocenters. The number of hydrogen-bond acceptors (Lipinski definition) is 2. The monoisotopic (exact) mass is 522 g/mol. The van der Waals surface area contributed by atoms with Gasteiger partial charge in [-0.15, -0.1) is 0 Å². The number of rotatable bonds is 18. The SMILES string of the molecule is CCCCCCCCCCc1cc(C#CC(C)(C)O)c(C#CC(C)(C)O)cc1CCCCCCCCCC. The van der Waals surface area contributed by atoms with E-state index in [4.69, 9.17) is 0 Å². The van der Waals surface area contributed by atoms with E-state index in [1.807, 2.05) is 0 Å². The molecule has 2 nitrogen and oxygen atoms in total. The maximum atomic E-state index is 10.2. The molecule has 0 spiro atoms. The largest absolute Gasteiger partial charge is 0.378 e. The lowest BCUT2D eigenvalue weighted by Gasteiger charge is -2.14. The van der Waals surface area contributed by atoms with Crippen LogP contribution in [0.25, 0.3) is 0 Å². The fraction of sp³-hybridized carbons (Fsp3) is 0.722. The van der Waals surface area contributed by atoms with Gasteiger partial charge in [0.05, 0.1) is 0 Å². The molecule has 0 aromatic heterocycles. The smallest absolute Gasteiger partial charge is 0.120 e. The fourth-order valence-corrected chi connectivity index (χ4v) is 4.70. The molecule has 0 aliphatic rings. The molecule has 0 amide bonds. The van der Waals surface area contributed by atoms with Crippen LogP contribution in [-0.4, -0.2) is 21.4 Å². The van der Waals surface area contributed by atoms with E-state index in [0.717, 1.165) is 24.0 Å². The predicted molar refractivity (Wildman–Crippen MR) is 165 cm³/mol. The third kappa shape index (κ3) is 17.7. The average Bonchev–Trinajstić information content (AvgIpc) is 2.84. The second-order valence-electron chi connectivity index (χ2n) is 12.2. The standard InChI is InChI=1S/C36H58O2/c1-7-9-11-13-15-17-19-21-23-31-29-33(25-27-35(3,4)37)34(26-28-36(5,6)38)30-32(31)24-22-20-18-16-14-12-10-8-2/h29-30,37-38H,7-24H2,1-6H3. The molecule has 1 rings (SSSR count). The highest BCUT2D eigenvalue weighted by molar-refractivity contribution is 5.55. The van der Waals surface area contributed by atoms with Crippen molar-refractivity contribution < 1.29 is 10.2 Å². The minimum absolute atomic E-state index is 0.859. The second kappa shape index (κ2) is 19.3. The van der Waals surface area contributed by atoms with Crippen LogP contribution in [0.5, 0.6) is 0 Å². The Morgan fingerprint density at radius 1 is 0.500 bits per heavy atom. The lowest BCUT2D eigenvalue weighted by Crippen LogP contribution is -2.15. The zero-order valence-electron chi connectivity index (χ0n) is 25.8. The zero-order valence-corrected chi connectivity index (χ0v) is 25.8. The molecule has 2 N–H and O–H groups in total. The number of hydrogen-bond donors (Lipinski definition) is 2. The average molecular weight is 523 g/mol. The van der Waals surface area contributed by atoms with Crippen LogP contribution in [0.3, 0.4) is 0 Å². The van der Waals surface area contributed by atoms with Crippen LogP contribution in [0.15, 0.2) is 12.1 Å². The van der Waals surface area contributed by atoms with Gasteiger partial charge in [0, 0.05) is 11.1 Å². The maximum Gasteiger partial charge on any atom is 0.120 e. The van der Waals surface area contributed by atoms with Crippen LogP contribution < -0.4 is 0 Å². The van der Waals surface area contributed by atoms with Crippen LogP contribution in [0, 0.1) is 23.7 Å². The summed E-state index contributed by atoms with van der Waals surface area (Å²) in [4.78, 5) is 0. The fourth-order valence-electron chi connectivity index (χ4n) is 4.70. The van der Waals surface area contributed by atoms with Crippen LogP contribution >= 0.6 is 0 Å². The van der Waals surface area contributed by atoms with Crippen molar-refractivity contribution in [3.63, 3.8) is 0 Å². The lowest BCUT2D eigenvalue weighted by molar-refractivity contribution is 0.143. The third-order valence-corrected chi connectivity index (χ3v) is 6.95. The molecule has 0 heterocycles. The summed E-state index contributed by atoms with van der Waals surface area (Å²) in [5, 5.41) is 20.4. The van der Waals surface area contributed by atoms with E-state index < -0.39 is 11.2 Å². The molecule has 0 aliphatic heterocycles. The summed E-state index contributed by atoms with van der Waals surface area (Å²) in [7, 11) is 0. The van der Waals surface area contributed by atoms with Gasteiger partial charge in [0.25, 0.3) is 0 Å². The first-order valence-corrected chi connectivity index (χ1v) is 15.7. The highest BCUT2D eigenvalue weighted by Crippen LogP contribution is 2.23. The van der Waals surface area contributed by atoms with Crippen LogP contribution in [-0.2, 0) is 12.8 Å². The molecule has 2 heteroatoms. The molecular weight excluding hydrogens is 464 g/mol. The normalized spacial score (nSPS) is 11.6. The minimum Gasteiger partial charge on any atom is -0.378 e. The van der Waals surface area contributed by atoms with Crippen molar-refractivity contribution in [2.45, 2.75) is 168 Å². The van der Waals surface area contributed by atoms with Crippen molar-refractivity contribution in [1.82, 2.24) is 0 Å². The van der Waals surface area contributed by atoms with E-state index in [0.29, 0.717) is 0 Å². The molecule has 0 bridgehead atoms. The summed E-state index contributed by atoms with van der Waals surface area (Å²) in [6.45, 7) is 11.4. The van der Waals surface area contributed by atoms with Crippen molar-refractivity contribution in [2.24, 2.45) is 0 Å². The Kier molecular flexibility index (Phi) is 17.5. The summed E-state index contributed by atoms with van der Waals surface area (Å²) in [6.07, 6.45) is 23.2. The van der Waals surface area contributed by atoms with Gasteiger partial charge < -0.3 is 10.2 Å². The number of benzene rings is 1. The van der Waals surface area contributed by atoms with Crippen LogP contribution in [0.2, 0.25) is 0 Å². The molecule has 0 saturated heterocycles. The molecule has 0 unspecified atom stereocenters. The van der Waals surface area contributed by atoms with Gasteiger partial charge in [-0.1, -0.05) is 127 Å². The van der Waals surface area contributed by atoms with E-state index >= 15 is 0 Å². The molecule has 1 aromatic carbocycles. The molecule has 38 heavy (non-hydrogen) atoms. The van der Waals surface area contributed by atoms with Crippen molar-refractivity contribution in [2.75, 3.05) is 0 Å². The topological polar surface area (TPSA) is 40.5 Å². The van der Waals surface area contributed by atoms with Crippen molar-refractivity contribution in [3.8, 4) is 23.7 Å². The molecular formula is C36H58O2. The Bertz CT molecular complexity index is 815. The van der Waals surface area contributed by atoms with E-state index in [1.165, 1.54) is 114 Å². The van der Waals surface area contributed by atoms with Gasteiger partial charge >= 0.3 is 0 Å². The molecule has 0 saturated carbocycles. The number of aliphatic hydroxyl groups is 2. The Morgan fingerprint density at radius 3 is 1.08 bits per heavy atom. The summed E-state index contributed by atoms with van der Waals surface area (Å²) < 4.78 is 0. The summed E-state index contributed by atoms with van der Waals surface area (Å²) >= 11 is 0. The van der Waals surface area contributed by atoms with Crippen molar-refractivity contribution in [3.05, 3.63) is 34.4 Å². The van der Waals surface area contributed by atoms with E-state index in [1.54, 1.807) is 27.7 Å². The third-order valence-electron chi connectivity index (χ3n) is 6.95.